The molecule has 1 saturated heterocycles. The Labute approximate surface area is 171 Å². The van der Waals surface area contributed by atoms with Crippen molar-refractivity contribution in [2.24, 2.45) is 0 Å². The highest BCUT2D eigenvalue weighted by Gasteiger charge is 2.30. The number of fused-ring (bicyclic) bond motifs is 1. The summed E-state index contributed by atoms with van der Waals surface area (Å²) < 4.78 is 7.60. The molecule has 2 unspecified atom stereocenters. The summed E-state index contributed by atoms with van der Waals surface area (Å²) in [5.74, 6) is 0.754. The molecule has 1 aliphatic heterocycles. The number of amides is 1. The second kappa shape index (κ2) is 8.27. The molecular formula is C23H28N4O2. The summed E-state index contributed by atoms with van der Waals surface area (Å²) in [4.78, 5) is 12.5. The van der Waals surface area contributed by atoms with E-state index in [4.69, 9.17) is 4.74 Å². The van der Waals surface area contributed by atoms with Crippen molar-refractivity contribution >= 4 is 16.8 Å². The first-order valence-corrected chi connectivity index (χ1v) is 10.1. The number of para-hydroxylation sites is 1. The van der Waals surface area contributed by atoms with E-state index in [2.05, 4.69) is 58.8 Å². The van der Waals surface area contributed by atoms with Gasteiger partial charge in [-0.15, -0.1) is 0 Å². The zero-order valence-corrected chi connectivity index (χ0v) is 17.2. The van der Waals surface area contributed by atoms with Crippen LogP contribution in [-0.4, -0.2) is 23.7 Å². The summed E-state index contributed by atoms with van der Waals surface area (Å²) >= 11 is 0. The normalized spacial score (nSPS) is 18.9. The van der Waals surface area contributed by atoms with Gasteiger partial charge in [0.25, 0.3) is 0 Å². The highest BCUT2D eigenvalue weighted by atomic mass is 16.5. The first-order chi connectivity index (χ1) is 14.1. The minimum atomic E-state index is -0.110. The SMILES string of the molecule is CCn1c(C2CC(NC(=O)Cc3cccc(OC)c3)NN2)c(C)c2ccccc21. The molecule has 0 saturated carbocycles. The van der Waals surface area contributed by atoms with Gasteiger partial charge in [-0.05, 0) is 43.2 Å². The Kier molecular flexibility index (Phi) is 5.56. The molecule has 1 aliphatic rings. The third-order valence-corrected chi connectivity index (χ3v) is 5.66. The van der Waals surface area contributed by atoms with Crippen LogP contribution in [0.5, 0.6) is 5.75 Å². The fraction of sp³-hybridized carbons (Fsp3) is 0.348. The van der Waals surface area contributed by atoms with Gasteiger partial charge in [0.05, 0.1) is 25.7 Å². The van der Waals surface area contributed by atoms with Gasteiger partial charge in [-0.25, -0.2) is 10.9 Å². The maximum absolute atomic E-state index is 12.5. The van der Waals surface area contributed by atoms with E-state index in [-0.39, 0.29) is 18.1 Å². The largest absolute Gasteiger partial charge is 0.497 e. The number of aryl methyl sites for hydroxylation is 2. The van der Waals surface area contributed by atoms with Gasteiger partial charge >= 0.3 is 0 Å². The maximum atomic E-state index is 12.5. The molecule has 1 fully saturated rings. The average molecular weight is 393 g/mol. The second-order valence-electron chi connectivity index (χ2n) is 7.50. The predicted molar refractivity (Wildman–Crippen MR) is 115 cm³/mol. The van der Waals surface area contributed by atoms with Crippen molar-refractivity contribution in [1.82, 2.24) is 20.7 Å². The van der Waals surface area contributed by atoms with E-state index in [1.165, 1.54) is 22.2 Å². The van der Waals surface area contributed by atoms with E-state index in [0.29, 0.717) is 6.42 Å². The van der Waals surface area contributed by atoms with Crippen LogP contribution in [0.25, 0.3) is 10.9 Å². The number of carbonyl (C=O) groups is 1. The lowest BCUT2D eigenvalue weighted by molar-refractivity contribution is -0.121. The topological polar surface area (TPSA) is 67.3 Å². The molecule has 152 valence electrons. The summed E-state index contributed by atoms with van der Waals surface area (Å²) in [7, 11) is 1.63. The first kappa shape index (κ1) is 19.5. The highest BCUT2D eigenvalue weighted by Crippen LogP contribution is 2.32. The minimum Gasteiger partial charge on any atom is -0.497 e. The van der Waals surface area contributed by atoms with E-state index in [9.17, 15) is 4.79 Å². The number of carbonyl (C=O) groups excluding carboxylic acids is 1. The summed E-state index contributed by atoms with van der Waals surface area (Å²) in [6, 6.07) is 16.3. The standard InChI is InChI=1S/C23H28N4O2/c1-4-27-20-11-6-5-10-18(20)15(2)23(27)19-14-21(26-25-19)24-22(28)13-16-8-7-9-17(12-16)29-3/h5-12,19,21,25-26H,4,13-14H2,1-3H3,(H,24,28). The van der Waals surface area contributed by atoms with Crippen molar-refractivity contribution in [1.29, 1.82) is 0 Å². The Hall–Kier alpha value is -2.83. The number of methoxy groups -OCH3 is 1. The lowest BCUT2D eigenvalue weighted by atomic mass is 10.1. The van der Waals surface area contributed by atoms with Crippen LogP contribution in [0.3, 0.4) is 0 Å². The lowest BCUT2D eigenvalue weighted by Gasteiger charge is -2.15. The minimum absolute atomic E-state index is 0.00837. The van der Waals surface area contributed by atoms with Crippen molar-refractivity contribution in [2.45, 2.75) is 45.4 Å². The predicted octanol–water partition coefficient (Wildman–Crippen LogP) is 3.20. The van der Waals surface area contributed by atoms with E-state index >= 15 is 0 Å². The molecule has 2 heterocycles. The Morgan fingerprint density at radius 3 is 2.83 bits per heavy atom. The summed E-state index contributed by atoms with van der Waals surface area (Å²) in [6.45, 7) is 5.26. The zero-order valence-electron chi connectivity index (χ0n) is 17.2. The van der Waals surface area contributed by atoms with Gasteiger partial charge < -0.3 is 14.6 Å². The lowest BCUT2D eigenvalue weighted by Crippen LogP contribution is -2.44. The Balaban J connectivity index is 1.45. The fourth-order valence-corrected chi connectivity index (χ4v) is 4.33. The molecule has 0 bridgehead atoms. The Bertz CT molecular complexity index is 1030. The number of nitrogens with zero attached hydrogens (tertiary/aromatic N) is 1. The van der Waals surface area contributed by atoms with Crippen LogP contribution in [0.15, 0.2) is 48.5 Å². The molecule has 1 aromatic heterocycles. The smallest absolute Gasteiger partial charge is 0.225 e. The summed E-state index contributed by atoms with van der Waals surface area (Å²) in [6.07, 6.45) is 1.01. The number of ether oxygens (including phenoxy) is 1. The number of hydrazine groups is 1. The van der Waals surface area contributed by atoms with Gasteiger partial charge in [-0.1, -0.05) is 30.3 Å². The number of benzene rings is 2. The van der Waals surface area contributed by atoms with E-state index in [1.807, 2.05) is 24.3 Å². The average Bonchev–Trinajstić information content (AvgIpc) is 3.30. The van der Waals surface area contributed by atoms with Crippen LogP contribution in [-0.2, 0) is 17.8 Å². The monoisotopic (exact) mass is 392 g/mol. The van der Waals surface area contributed by atoms with Gasteiger partial charge in [0.1, 0.15) is 5.75 Å². The third-order valence-electron chi connectivity index (χ3n) is 5.66. The Morgan fingerprint density at radius 1 is 1.21 bits per heavy atom. The molecule has 6 nitrogen and oxygen atoms in total. The summed E-state index contributed by atoms with van der Waals surface area (Å²) in [5, 5.41) is 4.38. The van der Waals surface area contributed by atoms with Crippen LogP contribution >= 0.6 is 0 Å². The summed E-state index contributed by atoms with van der Waals surface area (Å²) in [5.41, 5.74) is 11.4. The molecule has 6 heteroatoms. The molecule has 0 aliphatic carbocycles. The maximum Gasteiger partial charge on any atom is 0.225 e. The van der Waals surface area contributed by atoms with Gasteiger partial charge in [-0.3, -0.25) is 4.79 Å². The number of hydrogen-bond acceptors (Lipinski definition) is 4. The highest BCUT2D eigenvalue weighted by molar-refractivity contribution is 5.85. The van der Waals surface area contributed by atoms with Crippen molar-refractivity contribution < 1.29 is 9.53 Å². The molecule has 4 rings (SSSR count). The van der Waals surface area contributed by atoms with E-state index in [0.717, 1.165) is 24.3 Å². The molecule has 0 radical (unpaired) electrons. The van der Waals surface area contributed by atoms with Crippen molar-refractivity contribution in [2.75, 3.05) is 7.11 Å². The molecule has 1 amide bonds. The van der Waals surface area contributed by atoms with E-state index in [1.54, 1.807) is 7.11 Å². The molecular weight excluding hydrogens is 364 g/mol. The molecule has 3 N–H and O–H groups in total. The molecule has 3 aromatic rings. The molecule has 2 atom stereocenters. The van der Waals surface area contributed by atoms with Crippen LogP contribution < -0.4 is 20.9 Å². The fourth-order valence-electron chi connectivity index (χ4n) is 4.33. The zero-order chi connectivity index (χ0) is 20.4. The molecule has 2 aromatic carbocycles. The van der Waals surface area contributed by atoms with Gasteiger partial charge in [0, 0.05) is 29.6 Å². The van der Waals surface area contributed by atoms with E-state index < -0.39 is 0 Å². The van der Waals surface area contributed by atoms with Crippen LogP contribution in [0, 0.1) is 6.92 Å². The second-order valence-corrected chi connectivity index (χ2v) is 7.50. The van der Waals surface area contributed by atoms with Crippen LogP contribution in [0.1, 0.15) is 36.2 Å². The van der Waals surface area contributed by atoms with Gasteiger partial charge in [-0.2, -0.15) is 0 Å². The van der Waals surface area contributed by atoms with Crippen LogP contribution in [0.4, 0.5) is 0 Å². The Morgan fingerprint density at radius 2 is 2.03 bits per heavy atom. The van der Waals surface area contributed by atoms with Crippen molar-refractivity contribution in [3.8, 4) is 5.75 Å². The number of hydrogen-bond donors (Lipinski definition) is 3. The van der Waals surface area contributed by atoms with Crippen molar-refractivity contribution in [3.63, 3.8) is 0 Å². The quantitative estimate of drug-likeness (QED) is 0.603. The molecule has 0 spiro atoms. The van der Waals surface area contributed by atoms with Crippen molar-refractivity contribution in [3.05, 3.63) is 65.4 Å². The number of aromatic nitrogens is 1. The van der Waals surface area contributed by atoms with Gasteiger partial charge in [0.2, 0.25) is 5.91 Å². The molecule has 29 heavy (non-hydrogen) atoms. The number of nitrogens with one attached hydrogen (secondary N) is 3. The third kappa shape index (κ3) is 3.86. The van der Waals surface area contributed by atoms with Crippen LogP contribution in [0.2, 0.25) is 0 Å². The van der Waals surface area contributed by atoms with Gasteiger partial charge in [0.15, 0.2) is 0 Å². The number of rotatable bonds is 6. The first-order valence-electron chi connectivity index (χ1n) is 10.1.